The predicted octanol–water partition coefficient (Wildman–Crippen LogP) is 5.30. The third kappa shape index (κ3) is 4.59. The maximum atomic E-state index is 12.9. The van der Waals surface area contributed by atoms with Crippen LogP contribution in [-0.2, 0) is 4.79 Å². The average molecular weight is 381 g/mol. The summed E-state index contributed by atoms with van der Waals surface area (Å²) in [5, 5.41) is 3.80. The number of carbonyl (C=O) groups is 2. The second kappa shape index (κ2) is 8.43. The number of fused-ring (bicyclic) bond motifs is 1. The third-order valence-corrected chi connectivity index (χ3v) is 4.01. The highest BCUT2D eigenvalue weighted by molar-refractivity contribution is 6.12. The number of benzene rings is 3. The van der Waals surface area contributed by atoms with Gasteiger partial charge < -0.3 is 10.1 Å². The lowest BCUT2D eigenvalue weighted by molar-refractivity contribution is -0.114. The van der Waals surface area contributed by atoms with Gasteiger partial charge >= 0.3 is 6.61 Å². The van der Waals surface area contributed by atoms with Crippen LogP contribution in [0.1, 0.15) is 22.8 Å². The minimum atomic E-state index is -3.04. The Morgan fingerprint density at radius 3 is 2.39 bits per heavy atom. The van der Waals surface area contributed by atoms with Crippen molar-refractivity contribution in [2.24, 2.45) is 0 Å². The average Bonchev–Trinajstić information content (AvgIpc) is 2.66. The van der Waals surface area contributed by atoms with Crippen LogP contribution in [0.2, 0.25) is 0 Å². The van der Waals surface area contributed by atoms with E-state index in [1.807, 2.05) is 0 Å². The first-order valence-electron chi connectivity index (χ1n) is 8.50. The first kappa shape index (κ1) is 19.2. The van der Waals surface area contributed by atoms with Gasteiger partial charge in [0.2, 0.25) is 5.91 Å². The van der Waals surface area contributed by atoms with Crippen molar-refractivity contribution < 1.29 is 23.1 Å². The van der Waals surface area contributed by atoms with Gasteiger partial charge in [0.25, 0.3) is 0 Å². The number of nitrogens with one attached hydrogen (secondary N) is 1. The summed E-state index contributed by atoms with van der Waals surface area (Å²) in [7, 11) is 0. The predicted molar refractivity (Wildman–Crippen MR) is 105 cm³/mol. The number of alkyl halides is 2. The Hall–Kier alpha value is -3.54. The fourth-order valence-electron chi connectivity index (χ4n) is 2.80. The van der Waals surface area contributed by atoms with Crippen LogP contribution in [0.4, 0.5) is 14.5 Å². The number of anilines is 1. The highest BCUT2D eigenvalue weighted by Gasteiger charge is 2.17. The van der Waals surface area contributed by atoms with Crippen molar-refractivity contribution in [2.75, 3.05) is 5.32 Å². The molecule has 0 aliphatic rings. The Kier molecular flexibility index (Phi) is 5.79. The molecule has 4 nitrogen and oxygen atoms in total. The van der Waals surface area contributed by atoms with Crippen molar-refractivity contribution in [1.82, 2.24) is 0 Å². The Morgan fingerprint density at radius 2 is 1.71 bits per heavy atom. The topological polar surface area (TPSA) is 55.4 Å². The van der Waals surface area contributed by atoms with Crippen molar-refractivity contribution in [3.05, 3.63) is 77.9 Å². The van der Waals surface area contributed by atoms with Gasteiger partial charge in [0.15, 0.2) is 5.78 Å². The molecule has 1 amide bonds. The molecule has 0 radical (unpaired) electrons. The summed E-state index contributed by atoms with van der Waals surface area (Å²) in [5.41, 5.74) is 1.42. The Bertz CT molecular complexity index is 1040. The van der Waals surface area contributed by atoms with Gasteiger partial charge in [-0.15, -0.1) is 0 Å². The maximum Gasteiger partial charge on any atom is 0.387 e. The Balaban J connectivity index is 1.88. The smallest absolute Gasteiger partial charge is 0.387 e. The van der Waals surface area contributed by atoms with E-state index in [0.29, 0.717) is 16.5 Å². The fourth-order valence-corrected chi connectivity index (χ4v) is 2.80. The SMILES string of the molecule is CC(=O)Nc1ccc(/C=C/C(=O)c2ccc3ccccc3c2OC(F)F)cc1. The molecule has 0 spiro atoms. The Labute approximate surface area is 160 Å². The van der Waals surface area contributed by atoms with Gasteiger partial charge in [0.1, 0.15) is 5.75 Å². The van der Waals surface area contributed by atoms with Gasteiger partial charge in [-0.05, 0) is 35.2 Å². The van der Waals surface area contributed by atoms with E-state index in [1.165, 1.54) is 19.1 Å². The molecule has 0 unspecified atom stereocenters. The minimum Gasteiger partial charge on any atom is -0.433 e. The molecule has 0 heterocycles. The highest BCUT2D eigenvalue weighted by atomic mass is 19.3. The molecule has 1 N–H and O–H groups in total. The third-order valence-electron chi connectivity index (χ3n) is 4.01. The van der Waals surface area contributed by atoms with Crippen molar-refractivity contribution in [2.45, 2.75) is 13.5 Å². The summed E-state index contributed by atoms with van der Waals surface area (Å²) in [6, 6.07) is 16.9. The minimum absolute atomic E-state index is 0.0603. The first-order chi connectivity index (χ1) is 13.4. The number of ketones is 1. The van der Waals surface area contributed by atoms with E-state index >= 15 is 0 Å². The molecular weight excluding hydrogens is 364 g/mol. The molecule has 3 aromatic carbocycles. The van der Waals surface area contributed by atoms with Crippen LogP contribution in [0.5, 0.6) is 5.75 Å². The highest BCUT2D eigenvalue weighted by Crippen LogP contribution is 2.32. The number of hydrogen-bond donors (Lipinski definition) is 1. The molecule has 0 bridgehead atoms. The number of ether oxygens (including phenoxy) is 1. The lowest BCUT2D eigenvalue weighted by atomic mass is 10.0. The molecule has 28 heavy (non-hydrogen) atoms. The lowest BCUT2D eigenvalue weighted by Gasteiger charge is -2.12. The van der Waals surface area contributed by atoms with Gasteiger partial charge in [-0.25, -0.2) is 0 Å². The van der Waals surface area contributed by atoms with Crippen LogP contribution < -0.4 is 10.1 Å². The van der Waals surface area contributed by atoms with Crippen molar-refractivity contribution in [3.63, 3.8) is 0 Å². The van der Waals surface area contributed by atoms with Crippen LogP contribution in [0.3, 0.4) is 0 Å². The molecule has 0 aliphatic heterocycles. The monoisotopic (exact) mass is 381 g/mol. The normalized spacial score (nSPS) is 11.1. The molecule has 3 rings (SSSR count). The number of amides is 1. The van der Waals surface area contributed by atoms with Gasteiger partial charge in [-0.1, -0.05) is 48.5 Å². The van der Waals surface area contributed by atoms with Crippen LogP contribution in [0.15, 0.2) is 66.7 Å². The molecule has 0 fully saturated rings. The zero-order valence-electron chi connectivity index (χ0n) is 15.0. The van der Waals surface area contributed by atoms with Crippen LogP contribution in [0, 0.1) is 0 Å². The van der Waals surface area contributed by atoms with E-state index in [1.54, 1.807) is 60.7 Å². The van der Waals surface area contributed by atoms with Crippen LogP contribution in [0.25, 0.3) is 16.8 Å². The molecule has 0 aromatic heterocycles. The van der Waals surface area contributed by atoms with E-state index in [4.69, 9.17) is 0 Å². The van der Waals surface area contributed by atoms with Crippen molar-refractivity contribution in [3.8, 4) is 5.75 Å². The first-order valence-corrected chi connectivity index (χ1v) is 8.50. The summed E-state index contributed by atoms with van der Waals surface area (Å²) in [4.78, 5) is 23.6. The summed E-state index contributed by atoms with van der Waals surface area (Å²) in [6.07, 6.45) is 2.87. The summed E-state index contributed by atoms with van der Waals surface area (Å²) in [6.45, 7) is -1.63. The molecule has 6 heteroatoms. The summed E-state index contributed by atoms with van der Waals surface area (Å²) < 4.78 is 30.4. The van der Waals surface area contributed by atoms with Crippen molar-refractivity contribution in [1.29, 1.82) is 0 Å². The second-order valence-electron chi connectivity index (χ2n) is 6.04. The van der Waals surface area contributed by atoms with Gasteiger partial charge in [0.05, 0.1) is 5.56 Å². The van der Waals surface area contributed by atoms with E-state index in [9.17, 15) is 18.4 Å². The van der Waals surface area contributed by atoms with E-state index in [2.05, 4.69) is 10.1 Å². The Morgan fingerprint density at radius 1 is 1.00 bits per heavy atom. The molecule has 142 valence electrons. The summed E-state index contributed by atoms with van der Waals surface area (Å²) in [5.74, 6) is -0.766. The maximum absolute atomic E-state index is 12.9. The largest absolute Gasteiger partial charge is 0.433 e. The number of halogens is 2. The van der Waals surface area contributed by atoms with E-state index in [-0.39, 0.29) is 17.2 Å². The number of carbonyl (C=O) groups excluding carboxylic acids is 2. The van der Waals surface area contributed by atoms with Gasteiger partial charge in [-0.2, -0.15) is 8.78 Å². The van der Waals surface area contributed by atoms with Crippen LogP contribution in [-0.4, -0.2) is 18.3 Å². The quantitative estimate of drug-likeness (QED) is 0.466. The van der Waals surface area contributed by atoms with Crippen molar-refractivity contribution >= 4 is 34.2 Å². The molecule has 0 atom stereocenters. The number of hydrogen-bond acceptors (Lipinski definition) is 3. The van der Waals surface area contributed by atoms with E-state index in [0.717, 1.165) is 5.56 Å². The molecule has 0 saturated heterocycles. The lowest BCUT2D eigenvalue weighted by Crippen LogP contribution is -2.07. The fraction of sp³-hybridized carbons (Fsp3) is 0.0909. The van der Waals surface area contributed by atoms with Gasteiger partial charge in [0, 0.05) is 18.0 Å². The standard InChI is InChI=1S/C22H17F2NO3/c1-14(26)25-17-10-6-15(7-11-17)8-13-20(27)19-12-9-16-4-2-3-5-18(16)21(19)28-22(23)24/h2-13,22H,1H3,(H,25,26)/b13-8+. The molecule has 3 aromatic rings. The second-order valence-corrected chi connectivity index (χ2v) is 6.04. The van der Waals surface area contributed by atoms with E-state index < -0.39 is 12.4 Å². The molecule has 0 saturated carbocycles. The zero-order valence-corrected chi connectivity index (χ0v) is 15.0. The summed E-state index contributed by atoms with van der Waals surface area (Å²) >= 11 is 0. The number of allylic oxidation sites excluding steroid dienone is 1. The van der Waals surface area contributed by atoms with Gasteiger partial charge in [-0.3, -0.25) is 9.59 Å². The number of rotatable bonds is 6. The molecular formula is C22H17F2NO3. The molecule has 0 aliphatic carbocycles. The van der Waals surface area contributed by atoms with Crippen LogP contribution >= 0.6 is 0 Å². The zero-order chi connectivity index (χ0) is 20.1.